The van der Waals surface area contributed by atoms with Gasteiger partial charge in [0.25, 0.3) is 0 Å². The Labute approximate surface area is 154 Å². The van der Waals surface area contributed by atoms with Gasteiger partial charge in [-0.2, -0.15) is 0 Å². The van der Waals surface area contributed by atoms with Crippen LogP contribution in [0.2, 0.25) is 0 Å². The van der Waals surface area contributed by atoms with Crippen LogP contribution in [0.25, 0.3) is 0 Å². The highest BCUT2D eigenvalue weighted by atomic mass is 32.2. The first-order valence-electron chi connectivity index (χ1n) is 8.37. The van der Waals surface area contributed by atoms with Crippen molar-refractivity contribution in [3.05, 3.63) is 12.1 Å². The summed E-state index contributed by atoms with van der Waals surface area (Å²) in [5.41, 5.74) is 0.514. The quantitative estimate of drug-likeness (QED) is 0.716. The highest BCUT2D eigenvalue weighted by Gasteiger charge is 2.32. The monoisotopic (exact) mass is 386 g/mol. The third-order valence-corrected chi connectivity index (χ3v) is 6.18. The molecule has 1 aliphatic rings. The number of amides is 1. The van der Waals surface area contributed by atoms with Gasteiger partial charge in [0.05, 0.1) is 39.4 Å². The van der Waals surface area contributed by atoms with Crippen LogP contribution in [-0.2, 0) is 14.6 Å². The molecule has 9 heteroatoms. The van der Waals surface area contributed by atoms with Gasteiger partial charge in [-0.1, -0.05) is 6.92 Å². The van der Waals surface area contributed by atoms with Gasteiger partial charge >= 0.3 is 0 Å². The van der Waals surface area contributed by atoms with Crippen LogP contribution in [0.4, 0.5) is 5.69 Å². The molecule has 2 rings (SSSR count). The van der Waals surface area contributed by atoms with Crippen LogP contribution >= 0.6 is 0 Å². The second-order valence-electron chi connectivity index (χ2n) is 6.08. The zero-order valence-corrected chi connectivity index (χ0v) is 16.4. The van der Waals surface area contributed by atoms with Gasteiger partial charge in [-0.25, -0.2) is 8.42 Å². The second kappa shape index (κ2) is 8.59. The lowest BCUT2D eigenvalue weighted by Gasteiger charge is -2.25. The molecular weight excluding hydrogens is 360 g/mol. The fourth-order valence-electron chi connectivity index (χ4n) is 3.10. The van der Waals surface area contributed by atoms with E-state index in [1.54, 1.807) is 12.1 Å². The normalized spacial score (nSPS) is 18.6. The van der Waals surface area contributed by atoms with E-state index in [2.05, 4.69) is 5.32 Å². The number of ether oxygens (including phenoxy) is 3. The third-order valence-electron chi connectivity index (χ3n) is 4.43. The maximum Gasteiger partial charge on any atom is 0.238 e. The Morgan fingerprint density at radius 3 is 2.23 bits per heavy atom. The number of hydrogen-bond donors (Lipinski definition) is 1. The lowest BCUT2D eigenvalue weighted by Crippen LogP contribution is -2.41. The van der Waals surface area contributed by atoms with Crippen LogP contribution in [0.5, 0.6) is 17.2 Å². The standard InChI is InChI=1S/C17H26N2O6S/c1-5-19(13-6-7-26(21,22)11-13)10-16(20)18-12-8-14(23-2)17(25-4)15(9-12)24-3/h8-9,13H,5-7,10-11H2,1-4H3,(H,18,20). The Hall–Kier alpha value is -2.00. The SMILES string of the molecule is CCN(CC(=O)Nc1cc(OC)c(OC)c(OC)c1)C1CCS(=O)(=O)C1. The topological polar surface area (TPSA) is 94.2 Å². The lowest BCUT2D eigenvalue weighted by atomic mass is 10.2. The number of carbonyl (C=O) groups is 1. The molecule has 0 aromatic heterocycles. The van der Waals surface area contributed by atoms with Crippen LogP contribution in [0.15, 0.2) is 12.1 Å². The Balaban J connectivity index is 2.09. The molecule has 1 aromatic carbocycles. The fraction of sp³-hybridized carbons (Fsp3) is 0.588. The molecule has 8 nitrogen and oxygen atoms in total. The van der Waals surface area contributed by atoms with Crippen molar-refractivity contribution in [2.75, 3.05) is 51.2 Å². The summed E-state index contributed by atoms with van der Waals surface area (Å²) in [6.45, 7) is 2.63. The molecule has 0 radical (unpaired) electrons. The number of nitrogens with zero attached hydrogens (tertiary/aromatic N) is 1. The van der Waals surface area contributed by atoms with Gasteiger partial charge in [-0.3, -0.25) is 9.69 Å². The smallest absolute Gasteiger partial charge is 0.238 e. The number of likely N-dealkylation sites (N-methyl/N-ethyl adjacent to an activating group) is 1. The van der Waals surface area contributed by atoms with E-state index >= 15 is 0 Å². The van der Waals surface area contributed by atoms with Crippen molar-refractivity contribution in [2.45, 2.75) is 19.4 Å². The number of anilines is 1. The number of nitrogens with one attached hydrogen (secondary N) is 1. The van der Waals surface area contributed by atoms with Gasteiger partial charge in [0.1, 0.15) is 0 Å². The predicted octanol–water partition coefficient (Wildman–Crippen LogP) is 1.16. The molecule has 26 heavy (non-hydrogen) atoms. The van der Waals surface area contributed by atoms with Crippen LogP contribution in [0, 0.1) is 0 Å². The van der Waals surface area contributed by atoms with Gasteiger partial charge in [0.15, 0.2) is 21.3 Å². The van der Waals surface area contributed by atoms with E-state index in [0.717, 1.165) is 0 Å². The number of sulfone groups is 1. The minimum atomic E-state index is -2.99. The molecule has 1 fully saturated rings. The third kappa shape index (κ3) is 4.79. The molecule has 1 atom stereocenters. The average molecular weight is 386 g/mol. The van der Waals surface area contributed by atoms with E-state index in [1.165, 1.54) is 21.3 Å². The van der Waals surface area contributed by atoms with Gasteiger partial charge < -0.3 is 19.5 Å². The molecule has 1 amide bonds. The zero-order chi connectivity index (χ0) is 19.3. The summed E-state index contributed by atoms with van der Waals surface area (Å²) in [4.78, 5) is 14.3. The lowest BCUT2D eigenvalue weighted by molar-refractivity contribution is -0.117. The van der Waals surface area contributed by atoms with E-state index in [1.807, 2.05) is 11.8 Å². The van der Waals surface area contributed by atoms with Crippen LogP contribution in [0.1, 0.15) is 13.3 Å². The molecular formula is C17H26N2O6S. The van der Waals surface area contributed by atoms with Gasteiger partial charge in [0.2, 0.25) is 11.7 Å². The highest BCUT2D eigenvalue weighted by Crippen LogP contribution is 2.39. The van der Waals surface area contributed by atoms with Crippen molar-refractivity contribution in [1.82, 2.24) is 4.90 Å². The van der Waals surface area contributed by atoms with Crippen molar-refractivity contribution in [1.29, 1.82) is 0 Å². The van der Waals surface area contributed by atoms with E-state index in [-0.39, 0.29) is 30.0 Å². The molecule has 0 aliphatic carbocycles. The molecule has 1 N–H and O–H groups in total. The van der Waals surface area contributed by atoms with Crippen LogP contribution < -0.4 is 19.5 Å². The number of carbonyl (C=O) groups excluding carboxylic acids is 1. The summed E-state index contributed by atoms with van der Waals surface area (Å²) in [6.07, 6.45) is 0.563. The van der Waals surface area contributed by atoms with E-state index < -0.39 is 9.84 Å². The Morgan fingerprint density at radius 1 is 1.19 bits per heavy atom. The summed E-state index contributed by atoms with van der Waals surface area (Å²) < 4.78 is 39.2. The largest absolute Gasteiger partial charge is 0.493 e. The number of methoxy groups -OCH3 is 3. The molecule has 0 spiro atoms. The predicted molar refractivity (Wildman–Crippen MR) is 99.0 cm³/mol. The van der Waals surface area contributed by atoms with E-state index in [4.69, 9.17) is 14.2 Å². The van der Waals surface area contributed by atoms with Crippen LogP contribution in [0.3, 0.4) is 0 Å². The number of hydrogen-bond acceptors (Lipinski definition) is 7. The van der Waals surface area contributed by atoms with E-state index in [0.29, 0.717) is 35.9 Å². The average Bonchev–Trinajstić information content (AvgIpc) is 2.98. The molecule has 146 valence electrons. The summed E-state index contributed by atoms with van der Waals surface area (Å²) in [7, 11) is 1.52. The van der Waals surface area contributed by atoms with Crippen molar-refractivity contribution in [3.63, 3.8) is 0 Å². The molecule has 0 bridgehead atoms. The van der Waals surface area contributed by atoms with Crippen LogP contribution in [-0.4, -0.2) is 71.2 Å². The molecule has 1 aromatic rings. The summed E-state index contributed by atoms with van der Waals surface area (Å²) >= 11 is 0. The number of rotatable bonds is 8. The van der Waals surface area contributed by atoms with Crippen molar-refractivity contribution < 1.29 is 27.4 Å². The summed E-state index contributed by atoms with van der Waals surface area (Å²) in [5.74, 6) is 1.39. The first-order chi connectivity index (χ1) is 12.3. The van der Waals surface area contributed by atoms with Crippen molar-refractivity contribution >= 4 is 21.4 Å². The summed E-state index contributed by atoms with van der Waals surface area (Å²) in [6, 6.07) is 3.18. The van der Waals surface area contributed by atoms with Gasteiger partial charge in [-0.15, -0.1) is 0 Å². The van der Waals surface area contributed by atoms with Gasteiger partial charge in [0, 0.05) is 23.9 Å². The molecule has 1 heterocycles. The number of benzene rings is 1. The Kier molecular flexibility index (Phi) is 6.71. The highest BCUT2D eigenvalue weighted by molar-refractivity contribution is 7.91. The molecule has 1 saturated heterocycles. The van der Waals surface area contributed by atoms with E-state index in [9.17, 15) is 13.2 Å². The summed E-state index contributed by atoms with van der Waals surface area (Å²) in [5, 5.41) is 2.81. The van der Waals surface area contributed by atoms with Gasteiger partial charge in [-0.05, 0) is 13.0 Å². The molecule has 1 unspecified atom stereocenters. The van der Waals surface area contributed by atoms with Crippen molar-refractivity contribution in [3.8, 4) is 17.2 Å². The maximum absolute atomic E-state index is 12.4. The first kappa shape index (κ1) is 20.3. The molecule has 0 saturated carbocycles. The first-order valence-corrected chi connectivity index (χ1v) is 10.2. The zero-order valence-electron chi connectivity index (χ0n) is 15.6. The fourth-order valence-corrected chi connectivity index (χ4v) is 4.86. The molecule has 1 aliphatic heterocycles. The second-order valence-corrected chi connectivity index (χ2v) is 8.31. The Bertz CT molecular complexity index is 725. The minimum Gasteiger partial charge on any atom is -0.493 e. The van der Waals surface area contributed by atoms with Crippen molar-refractivity contribution in [2.24, 2.45) is 0 Å². The Morgan fingerprint density at radius 2 is 1.81 bits per heavy atom. The minimum absolute atomic E-state index is 0.109. The maximum atomic E-state index is 12.4.